The lowest BCUT2D eigenvalue weighted by Gasteiger charge is -2.16. The molecule has 1 aromatic carbocycles. The highest BCUT2D eigenvalue weighted by molar-refractivity contribution is 7.89. The summed E-state index contributed by atoms with van der Waals surface area (Å²) in [4.78, 5) is 9.66. The first-order valence-corrected chi connectivity index (χ1v) is 7.29. The fraction of sp³-hybridized carbons (Fsp3) is 0.333. The van der Waals surface area contributed by atoms with E-state index in [1.54, 1.807) is 6.08 Å². The number of nitro benzene ring substituents is 1. The number of nitro groups is 1. The van der Waals surface area contributed by atoms with Crippen LogP contribution in [0.4, 0.5) is 5.69 Å². The smallest absolute Gasteiger partial charge is 0.312 e. The van der Waals surface area contributed by atoms with Crippen molar-refractivity contribution in [1.29, 1.82) is 0 Å². The number of sulfonamides is 1. The number of hydrogen-bond acceptors (Lipinski definition) is 5. The van der Waals surface area contributed by atoms with Crippen LogP contribution in [0.2, 0.25) is 0 Å². The first-order valence-electron chi connectivity index (χ1n) is 5.85. The summed E-state index contributed by atoms with van der Waals surface area (Å²) in [6.07, 6.45) is 2.97. The van der Waals surface area contributed by atoms with Crippen molar-refractivity contribution < 1.29 is 18.4 Å². The predicted octanol–water partition coefficient (Wildman–Crippen LogP) is 1.89. The maximum Gasteiger partial charge on any atom is 0.312 e. The van der Waals surface area contributed by atoms with Gasteiger partial charge in [0.15, 0.2) is 5.75 Å². The summed E-state index contributed by atoms with van der Waals surface area (Å²) in [6.45, 7) is 3.83. The van der Waals surface area contributed by atoms with Crippen LogP contribution in [-0.4, -0.2) is 36.3 Å². The van der Waals surface area contributed by atoms with Crippen molar-refractivity contribution in [3.63, 3.8) is 0 Å². The van der Waals surface area contributed by atoms with E-state index < -0.39 is 26.4 Å². The zero-order valence-electron chi connectivity index (χ0n) is 11.0. The topological polar surface area (TPSA) is 101 Å². The lowest BCUT2D eigenvalue weighted by atomic mass is 10.3. The molecule has 0 saturated heterocycles. The molecule has 8 heteroatoms. The highest BCUT2D eigenvalue weighted by atomic mass is 32.2. The molecule has 0 amide bonds. The van der Waals surface area contributed by atoms with Crippen LogP contribution in [-0.2, 0) is 10.0 Å². The van der Waals surface area contributed by atoms with Crippen molar-refractivity contribution >= 4 is 15.7 Å². The molecule has 0 spiro atoms. The van der Waals surface area contributed by atoms with Gasteiger partial charge in [-0.15, -0.1) is 6.58 Å². The molecule has 0 unspecified atom stereocenters. The van der Waals surface area contributed by atoms with Gasteiger partial charge >= 0.3 is 5.69 Å². The van der Waals surface area contributed by atoms with Crippen LogP contribution < -0.4 is 0 Å². The van der Waals surface area contributed by atoms with E-state index in [1.165, 1.54) is 7.05 Å². The summed E-state index contributed by atoms with van der Waals surface area (Å²) >= 11 is 0. The van der Waals surface area contributed by atoms with Gasteiger partial charge in [-0.1, -0.05) is 6.08 Å². The highest BCUT2D eigenvalue weighted by Gasteiger charge is 2.24. The van der Waals surface area contributed by atoms with Gasteiger partial charge in [0.05, 0.1) is 9.82 Å². The van der Waals surface area contributed by atoms with E-state index in [0.717, 1.165) is 22.5 Å². The molecule has 0 heterocycles. The summed E-state index contributed by atoms with van der Waals surface area (Å²) in [7, 11) is -2.41. The largest absolute Gasteiger partial charge is 0.502 e. The molecule has 20 heavy (non-hydrogen) atoms. The fourth-order valence-corrected chi connectivity index (χ4v) is 2.80. The van der Waals surface area contributed by atoms with Gasteiger partial charge in [0.25, 0.3) is 0 Å². The quantitative estimate of drug-likeness (QED) is 0.358. The standard InChI is InChI=1S/C12H16N2O5S/c1-3-4-5-8-13(2)20(18,19)10-6-7-12(15)11(9-10)14(16)17/h3,6-7,9,15H,1,4-5,8H2,2H3. The summed E-state index contributed by atoms with van der Waals surface area (Å²) < 4.78 is 25.5. The molecule has 1 aromatic rings. The minimum atomic E-state index is -3.81. The summed E-state index contributed by atoms with van der Waals surface area (Å²) in [5.74, 6) is -0.566. The summed E-state index contributed by atoms with van der Waals surface area (Å²) in [5.41, 5.74) is -0.634. The number of aromatic hydroxyl groups is 1. The second kappa shape index (κ2) is 6.49. The van der Waals surface area contributed by atoms with Crippen molar-refractivity contribution in [3.8, 4) is 5.75 Å². The van der Waals surface area contributed by atoms with Gasteiger partial charge < -0.3 is 5.11 Å². The molecule has 0 aliphatic heterocycles. The molecule has 0 aromatic heterocycles. The van der Waals surface area contributed by atoms with E-state index in [1.807, 2.05) is 0 Å². The van der Waals surface area contributed by atoms with Gasteiger partial charge in [-0.25, -0.2) is 12.7 Å². The second-order valence-electron chi connectivity index (χ2n) is 4.17. The van der Waals surface area contributed by atoms with Gasteiger partial charge in [-0.05, 0) is 25.0 Å². The van der Waals surface area contributed by atoms with Crippen molar-refractivity contribution in [2.45, 2.75) is 17.7 Å². The van der Waals surface area contributed by atoms with E-state index in [0.29, 0.717) is 12.8 Å². The Morgan fingerprint density at radius 2 is 2.15 bits per heavy atom. The number of allylic oxidation sites excluding steroid dienone is 1. The minimum Gasteiger partial charge on any atom is -0.502 e. The van der Waals surface area contributed by atoms with Gasteiger partial charge in [-0.3, -0.25) is 10.1 Å². The third-order valence-electron chi connectivity index (χ3n) is 2.73. The zero-order chi connectivity index (χ0) is 15.3. The Labute approximate surface area is 117 Å². The van der Waals surface area contributed by atoms with Gasteiger partial charge in [-0.2, -0.15) is 0 Å². The molecule has 1 N–H and O–H groups in total. The number of unbranched alkanes of at least 4 members (excludes halogenated alkanes) is 1. The van der Waals surface area contributed by atoms with Crippen LogP contribution >= 0.6 is 0 Å². The number of nitrogens with zero attached hydrogens (tertiary/aromatic N) is 2. The summed E-state index contributed by atoms with van der Waals surface area (Å²) in [5, 5.41) is 20.0. The number of benzene rings is 1. The van der Waals surface area contributed by atoms with E-state index in [2.05, 4.69) is 6.58 Å². The Balaban J connectivity index is 3.06. The van der Waals surface area contributed by atoms with Crippen molar-refractivity contribution in [1.82, 2.24) is 4.31 Å². The Bertz CT molecular complexity index is 612. The molecule has 0 atom stereocenters. The van der Waals surface area contributed by atoms with Crippen LogP contribution in [0.1, 0.15) is 12.8 Å². The highest BCUT2D eigenvalue weighted by Crippen LogP contribution is 2.29. The van der Waals surface area contributed by atoms with Crippen LogP contribution in [0.3, 0.4) is 0 Å². The first-order chi connectivity index (χ1) is 9.30. The Morgan fingerprint density at radius 3 is 2.70 bits per heavy atom. The van der Waals surface area contributed by atoms with E-state index in [9.17, 15) is 23.6 Å². The zero-order valence-corrected chi connectivity index (χ0v) is 11.8. The van der Waals surface area contributed by atoms with E-state index in [4.69, 9.17) is 0 Å². The monoisotopic (exact) mass is 300 g/mol. The number of phenolic OH excluding ortho intramolecular Hbond substituents is 1. The molecule has 7 nitrogen and oxygen atoms in total. The SMILES string of the molecule is C=CCCCN(C)S(=O)(=O)c1ccc(O)c([N+](=O)[O-])c1. The third-order valence-corrected chi connectivity index (χ3v) is 4.59. The van der Waals surface area contributed by atoms with Crippen molar-refractivity contribution in [2.75, 3.05) is 13.6 Å². The minimum absolute atomic E-state index is 0.219. The Morgan fingerprint density at radius 1 is 1.50 bits per heavy atom. The average molecular weight is 300 g/mol. The normalized spacial score (nSPS) is 11.5. The number of hydrogen-bond donors (Lipinski definition) is 1. The van der Waals surface area contributed by atoms with Crippen LogP contribution in [0, 0.1) is 10.1 Å². The Kier molecular flexibility index (Phi) is 5.23. The molecular weight excluding hydrogens is 284 g/mol. The molecule has 0 radical (unpaired) electrons. The van der Waals surface area contributed by atoms with Crippen LogP contribution in [0.5, 0.6) is 5.75 Å². The lowest BCUT2D eigenvalue weighted by Crippen LogP contribution is -2.28. The predicted molar refractivity (Wildman–Crippen MR) is 74.0 cm³/mol. The molecule has 0 fully saturated rings. The van der Waals surface area contributed by atoms with Crippen LogP contribution in [0.25, 0.3) is 0 Å². The molecule has 0 aliphatic carbocycles. The fourth-order valence-electron chi connectivity index (χ4n) is 1.57. The third kappa shape index (κ3) is 3.55. The van der Waals surface area contributed by atoms with Crippen molar-refractivity contribution in [2.24, 2.45) is 0 Å². The van der Waals surface area contributed by atoms with E-state index >= 15 is 0 Å². The average Bonchev–Trinajstić information content (AvgIpc) is 2.38. The molecule has 0 bridgehead atoms. The lowest BCUT2D eigenvalue weighted by molar-refractivity contribution is -0.386. The molecule has 1 rings (SSSR count). The summed E-state index contributed by atoms with van der Waals surface area (Å²) in [6, 6.07) is 3.00. The maximum atomic E-state index is 12.2. The maximum absolute atomic E-state index is 12.2. The molecule has 0 saturated carbocycles. The Hall–Kier alpha value is -1.93. The van der Waals surface area contributed by atoms with Gasteiger partial charge in [0, 0.05) is 19.7 Å². The van der Waals surface area contributed by atoms with Gasteiger partial charge in [0.2, 0.25) is 10.0 Å². The molecule has 110 valence electrons. The number of rotatable bonds is 7. The second-order valence-corrected chi connectivity index (χ2v) is 6.21. The van der Waals surface area contributed by atoms with Gasteiger partial charge in [0.1, 0.15) is 0 Å². The van der Waals surface area contributed by atoms with Crippen LogP contribution in [0.15, 0.2) is 35.7 Å². The van der Waals surface area contributed by atoms with Crippen molar-refractivity contribution in [3.05, 3.63) is 41.0 Å². The van der Waals surface area contributed by atoms with E-state index in [-0.39, 0.29) is 11.4 Å². The molecule has 0 aliphatic rings. The number of phenols is 1. The first kappa shape index (κ1) is 16.1. The molecular formula is C12H16N2O5S.